The number of ether oxygens (including phenoxy) is 3. The van der Waals surface area contributed by atoms with Crippen LogP contribution >= 0.6 is 12.6 Å². The fourth-order valence-corrected chi connectivity index (χ4v) is 2.82. The van der Waals surface area contributed by atoms with Crippen molar-refractivity contribution >= 4 is 30.4 Å². The van der Waals surface area contributed by atoms with Gasteiger partial charge in [-0.3, -0.25) is 19.3 Å². The fraction of sp³-hybridized carbons (Fsp3) is 0.571. The van der Waals surface area contributed by atoms with Gasteiger partial charge in [0.15, 0.2) is 6.29 Å². The van der Waals surface area contributed by atoms with Crippen molar-refractivity contribution in [3.05, 3.63) is 36.3 Å². The van der Waals surface area contributed by atoms with Crippen molar-refractivity contribution in [1.29, 1.82) is 0 Å². The number of aliphatic hydroxyl groups is 1. The number of amides is 3. The Morgan fingerprint density at radius 2 is 2.13 bits per heavy atom. The van der Waals surface area contributed by atoms with Crippen LogP contribution in [0.2, 0.25) is 0 Å². The fourth-order valence-electron chi connectivity index (χ4n) is 2.53. The molecule has 0 radical (unpaired) electrons. The number of rotatable bonds is 15. The minimum Gasteiger partial charge on any atom is -0.492 e. The molecule has 0 aromatic heterocycles. The summed E-state index contributed by atoms with van der Waals surface area (Å²) in [4.78, 5) is 36.2. The molecule has 1 aliphatic rings. The third kappa shape index (κ3) is 10.5. The lowest BCUT2D eigenvalue weighted by Crippen LogP contribution is -2.36. The van der Waals surface area contributed by atoms with E-state index in [2.05, 4.69) is 24.5 Å². The van der Waals surface area contributed by atoms with E-state index in [1.54, 1.807) is 25.2 Å². The van der Waals surface area contributed by atoms with Crippen LogP contribution < -0.4 is 5.32 Å². The summed E-state index contributed by atoms with van der Waals surface area (Å²) in [5.74, 6) is -0.127. The van der Waals surface area contributed by atoms with Gasteiger partial charge in [-0.25, -0.2) is 0 Å². The summed E-state index contributed by atoms with van der Waals surface area (Å²) in [6.45, 7) is 8.59. The summed E-state index contributed by atoms with van der Waals surface area (Å²) in [5, 5.41) is 11.6. The highest BCUT2D eigenvalue weighted by atomic mass is 32.1. The smallest absolute Gasteiger partial charge is 0.242 e. The molecule has 9 nitrogen and oxygen atoms in total. The van der Waals surface area contributed by atoms with Gasteiger partial charge in [0, 0.05) is 38.4 Å². The predicted molar refractivity (Wildman–Crippen MR) is 118 cm³/mol. The predicted octanol–water partition coefficient (Wildman–Crippen LogP) is 1.30. The first-order chi connectivity index (χ1) is 14.8. The molecule has 1 heterocycles. The third-order valence-corrected chi connectivity index (χ3v) is 4.53. The Hall–Kier alpha value is -2.30. The van der Waals surface area contributed by atoms with Crippen LogP contribution in [-0.2, 0) is 28.6 Å². The molecule has 2 N–H and O–H groups in total. The van der Waals surface area contributed by atoms with E-state index in [-0.39, 0.29) is 50.3 Å². The van der Waals surface area contributed by atoms with Crippen LogP contribution in [0, 0.1) is 0 Å². The highest BCUT2D eigenvalue weighted by molar-refractivity contribution is 7.81. The average molecular weight is 457 g/mol. The largest absolute Gasteiger partial charge is 0.492 e. The van der Waals surface area contributed by atoms with Gasteiger partial charge in [0.05, 0.1) is 18.5 Å². The molecule has 1 aliphatic heterocycles. The van der Waals surface area contributed by atoms with E-state index in [9.17, 15) is 19.5 Å². The van der Waals surface area contributed by atoms with Gasteiger partial charge in [-0.1, -0.05) is 19.6 Å². The molecular weight excluding hydrogens is 424 g/mol. The van der Waals surface area contributed by atoms with Crippen LogP contribution in [0.5, 0.6) is 0 Å². The quantitative estimate of drug-likeness (QED) is 0.0850. The molecule has 0 bridgehead atoms. The number of likely N-dealkylation sites (tertiary alicyclic amines) is 1. The van der Waals surface area contributed by atoms with E-state index in [4.69, 9.17) is 14.2 Å². The Bertz CT molecular complexity index is 693. The number of carbonyl (C=O) groups is 3. The summed E-state index contributed by atoms with van der Waals surface area (Å²) >= 11 is 4.04. The molecule has 2 atom stereocenters. The normalized spacial score (nSPS) is 17.9. The second-order valence-electron chi connectivity index (χ2n) is 6.66. The first-order valence-corrected chi connectivity index (χ1v) is 10.7. The number of allylic oxidation sites excluding steroid dienone is 3. The summed E-state index contributed by atoms with van der Waals surface area (Å²) in [6.07, 6.45) is 4.71. The summed E-state index contributed by atoms with van der Waals surface area (Å²) in [7, 11) is 0. The Kier molecular flexibility index (Phi) is 12.6. The van der Waals surface area contributed by atoms with Crippen molar-refractivity contribution in [2.75, 3.05) is 32.9 Å². The van der Waals surface area contributed by atoms with Gasteiger partial charge < -0.3 is 24.6 Å². The maximum atomic E-state index is 11.8. The van der Waals surface area contributed by atoms with E-state index >= 15 is 0 Å². The van der Waals surface area contributed by atoms with Gasteiger partial charge in [0.2, 0.25) is 17.7 Å². The monoisotopic (exact) mass is 456 g/mol. The first-order valence-electron chi connectivity index (χ1n) is 10.2. The average Bonchev–Trinajstić information content (AvgIpc) is 2.96. The lowest BCUT2D eigenvalue weighted by molar-refractivity contribution is -0.138. The second kappa shape index (κ2) is 14.7. The molecule has 1 saturated heterocycles. The number of thiol groups is 1. The third-order valence-electron chi connectivity index (χ3n) is 4.12. The number of nitrogens with one attached hydrogen (secondary N) is 1. The molecule has 0 aromatic rings. The van der Waals surface area contributed by atoms with Gasteiger partial charge in [-0.2, -0.15) is 12.6 Å². The van der Waals surface area contributed by atoms with E-state index in [0.717, 1.165) is 4.90 Å². The van der Waals surface area contributed by atoms with E-state index in [0.29, 0.717) is 31.1 Å². The maximum Gasteiger partial charge on any atom is 0.242 e. The molecule has 1 rings (SSSR count). The van der Waals surface area contributed by atoms with Gasteiger partial charge in [0.25, 0.3) is 0 Å². The van der Waals surface area contributed by atoms with Crippen molar-refractivity contribution < 1.29 is 33.7 Å². The van der Waals surface area contributed by atoms with Crippen LogP contribution in [0.1, 0.15) is 33.1 Å². The zero-order chi connectivity index (χ0) is 23.2. The molecule has 174 valence electrons. The number of nitrogens with zero attached hydrogens (tertiary/aromatic N) is 1. The van der Waals surface area contributed by atoms with Crippen molar-refractivity contribution in [2.45, 2.75) is 44.6 Å². The number of aliphatic hydroxyl groups excluding tert-OH is 1. The summed E-state index contributed by atoms with van der Waals surface area (Å²) in [6, 6.07) is 0. The van der Waals surface area contributed by atoms with Crippen LogP contribution in [0.3, 0.4) is 0 Å². The number of hydrogen-bond donors (Lipinski definition) is 3. The van der Waals surface area contributed by atoms with Gasteiger partial charge in [-0.05, 0) is 13.0 Å². The molecule has 0 saturated carbocycles. The standard InChI is InChI=1S/C21H32N2O7S/c1-4-6-16(30-20(26)5-2)13-15(3)29-12-11-28-10-8-22-18(24)7-9-23-19(25)14-17(31)21(23)27/h4,6,13,17,20,26,31H,3,5,7-12,14H2,1-2H3,(H,22,24)/b6-4-,16-13+. The Labute approximate surface area is 188 Å². The lowest BCUT2D eigenvalue weighted by Gasteiger charge is -2.14. The first kappa shape index (κ1) is 26.7. The summed E-state index contributed by atoms with van der Waals surface area (Å²) in [5.41, 5.74) is 0. The number of imide groups is 1. The molecular formula is C21H32N2O7S. The Morgan fingerprint density at radius 3 is 2.74 bits per heavy atom. The molecule has 1 fully saturated rings. The second-order valence-corrected chi connectivity index (χ2v) is 7.28. The van der Waals surface area contributed by atoms with E-state index < -0.39 is 11.5 Å². The maximum absolute atomic E-state index is 11.8. The minimum atomic E-state index is -0.898. The molecule has 3 amide bonds. The highest BCUT2D eigenvalue weighted by Gasteiger charge is 2.36. The zero-order valence-corrected chi connectivity index (χ0v) is 18.9. The SMILES string of the molecule is C=C(/C=C(\C=C/C)OC(O)CC)OCCOCCNC(=O)CCN1C(=O)CC(S)C1=O. The van der Waals surface area contributed by atoms with Gasteiger partial charge in [-0.15, -0.1) is 0 Å². The molecule has 0 aliphatic carbocycles. The number of carbonyl (C=O) groups excluding carboxylic acids is 3. The van der Waals surface area contributed by atoms with E-state index in [1.807, 2.05) is 6.92 Å². The lowest BCUT2D eigenvalue weighted by atomic mass is 10.3. The van der Waals surface area contributed by atoms with Crippen molar-refractivity contribution in [1.82, 2.24) is 10.2 Å². The van der Waals surface area contributed by atoms with Crippen LogP contribution in [0.15, 0.2) is 36.3 Å². The van der Waals surface area contributed by atoms with Crippen molar-refractivity contribution in [3.8, 4) is 0 Å². The van der Waals surface area contributed by atoms with Gasteiger partial charge in [0.1, 0.15) is 18.1 Å². The number of hydrogen-bond acceptors (Lipinski definition) is 8. The molecule has 10 heteroatoms. The zero-order valence-electron chi connectivity index (χ0n) is 18.0. The van der Waals surface area contributed by atoms with Gasteiger partial charge >= 0.3 is 0 Å². The molecule has 31 heavy (non-hydrogen) atoms. The highest BCUT2D eigenvalue weighted by Crippen LogP contribution is 2.17. The van der Waals surface area contributed by atoms with Crippen LogP contribution in [0.4, 0.5) is 0 Å². The minimum absolute atomic E-state index is 0.0383. The Balaban J connectivity index is 2.14. The topological polar surface area (TPSA) is 114 Å². The molecule has 0 aromatic carbocycles. The molecule has 2 unspecified atom stereocenters. The van der Waals surface area contributed by atoms with Crippen LogP contribution in [0.25, 0.3) is 0 Å². The Morgan fingerprint density at radius 1 is 1.39 bits per heavy atom. The molecule has 0 spiro atoms. The van der Waals surface area contributed by atoms with Crippen molar-refractivity contribution in [3.63, 3.8) is 0 Å². The summed E-state index contributed by atoms with van der Waals surface area (Å²) < 4.78 is 16.1. The van der Waals surface area contributed by atoms with Crippen molar-refractivity contribution in [2.24, 2.45) is 0 Å². The van der Waals surface area contributed by atoms with E-state index in [1.165, 1.54) is 0 Å². The van der Waals surface area contributed by atoms with Crippen LogP contribution in [-0.4, -0.2) is 72.2 Å².